The normalized spacial score (nSPS) is 13.5. The molecule has 1 aliphatic carbocycles. The topological polar surface area (TPSA) is 45.8 Å². The van der Waals surface area contributed by atoms with Gasteiger partial charge in [0.15, 0.2) is 5.16 Å². The van der Waals surface area contributed by atoms with E-state index in [1.807, 2.05) is 0 Å². The smallest absolute Gasteiger partial charge is 0.277 e. The molecule has 0 bridgehead atoms. The molecule has 0 saturated heterocycles. The standard InChI is InChI=1S/C14H13FN2OS/c15-10-6-4-9(5-7-10)8-19-14-16-12-3-1-2-11(12)13(18)17-14/h4-7H,1-3,8H2,(H,16,17,18). The van der Waals surface area contributed by atoms with Crippen molar-refractivity contribution in [2.24, 2.45) is 0 Å². The van der Waals surface area contributed by atoms with E-state index in [4.69, 9.17) is 0 Å². The molecule has 5 heteroatoms. The van der Waals surface area contributed by atoms with Crippen molar-refractivity contribution in [3.05, 3.63) is 57.3 Å². The summed E-state index contributed by atoms with van der Waals surface area (Å²) < 4.78 is 12.8. The van der Waals surface area contributed by atoms with E-state index in [0.717, 1.165) is 36.1 Å². The summed E-state index contributed by atoms with van der Waals surface area (Å²) in [5, 5.41) is 0.648. The lowest BCUT2D eigenvalue weighted by Crippen LogP contribution is -2.14. The van der Waals surface area contributed by atoms with Crippen LogP contribution in [0.3, 0.4) is 0 Å². The summed E-state index contributed by atoms with van der Waals surface area (Å²) in [4.78, 5) is 19.1. The number of aromatic amines is 1. The zero-order valence-corrected chi connectivity index (χ0v) is 11.1. The summed E-state index contributed by atoms with van der Waals surface area (Å²) >= 11 is 1.47. The fourth-order valence-corrected chi connectivity index (χ4v) is 3.07. The molecule has 3 nitrogen and oxygen atoms in total. The first-order valence-corrected chi connectivity index (χ1v) is 7.20. The second-order valence-corrected chi connectivity index (χ2v) is 5.54. The van der Waals surface area contributed by atoms with Crippen molar-refractivity contribution in [3.8, 4) is 0 Å². The Morgan fingerprint density at radius 2 is 2.05 bits per heavy atom. The number of rotatable bonds is 3. The van der Waals surface area contributed by atoms with Crippen molar-refractivity contribution in [3.63, 3.8) is 0 Å². The van der Waals surface area contributed by atoms with Gasteiger partial charge < -0.3 is 4.98 Å². The van der Waals surface area contributed by atoms with Crippen LogP contribution in [-0.4, -0.2) is 9.97 Å². The van der Waals surface area contributed by atoms with Crippen LogP contribution in [0.25, 0.3) is 0 Å². The Kier molecular flexibility index (Phi) is 3.38. The molecule has 0 saturated carbocycles. The van der Waals surface area contributed by atoms with Crippen molar-refractivity contribution < 1.29 is 4.39 Å². The molecular formula is C14H13FN2OS. The summed E-state index contributed by atoms with van der Waals surface area (Å²) in [7, 11) is 0. The van der Waals surface area contributed by atoms with E-state index in [1.165, 1.54) is 23.9 Å². The molecule has 1 N–H and O–H groups in total. The predicted octanol–water partition coefficient (Wildman–Crippen LogP) is 2.69. The van der Waals surface area contributed by atoms with E-state index in [1.54, 1.807) is 12.1 Å². The van der Waals surface area contributed by atoms with Gasteiger partial charge in [0.05, 0.1) is 0 Å². The van der Waals surface area contributed by atoms with Crippen molar-refractivity contribution in [1.82, 2.24) is 9.97 Å². The van der Waals surface area contributed by atoms with E-state index in [-0.39, 0.29) is 11.4 Å². The number of aromatic nitrogens is 2. The van der Waals surface area contributed by atoms with Gasteiger partial charge in [-0.25, -0.2) is 4.39 Å². The lowest BCUT2D eigenvalue weighted by atomic mass is 10.2. The van der Waals surface area contributed by atoms with Crippen LogP contribution in [0.5, 0.6) is 0 Å². The summed E-state index contributed by atoms with van der Waals surface area (Å²) in [5.41, 5.74) is 2.77. The monoisotopic (exact) mass is 276 g/mol. The third-order valence-corrected chi connectivity index (χ3v) is 4.17. The number of fused-ring (bicyclic) bond motifs is 1. The van der Waals surface area contributed by atoms with Crippen LogP contribution in [0.15, 0.2) is 34.2 Å². The number of hydrogen-bond acceptors (Lipinski definition) is 3. The number of benzene rings is 1. The zero-order chi connectivity index (χ0) is 13.2. The van der Waals surface area contributed by atoms with E-state index in [0.29, 0.717) is 10.9 Å². The number of aryl methyl sites for hydroxylation is 1. The number of nitrogens with zero attached hydrogens (tertiary/aromatic N) is 1. The Balaban J connectivity index is 1.75. The highest BCUT2D eigenvalue weighted by Crippen LogP contribution is 2.22. The van der Waals surface area contributed by atoms with Crippen LogP contribution in [0.2, 0.25) is 0 Å². The molecule has 1 aromatic heterocycles. The van der Waals surface area contributed by atoms with E-state index in [9.17, 15) is 9.18 Å². The minimum atomic E-state index is -0.238. The average Bonchev–Trinajstić information content (AvgIpc) is 2.87. The fourth-order valence-electron chi connectivity index (χ4n) is 2.24. The molecule has 1 heterocycles. The number of thioether (sulfide) groups is 1. The van der Waals surface area contributed by atoms with Crippen molar-refractivity contribution in [2.75, 3.05) is 0 Å². The SMILES string of the molecule is O=c1nc(SCc2ccc(F)cc2)[nH]c2c1CCC2. The Morgan fingerprint density at radius 3 is 2.84 bits per heavy atom. The first-order valence-electron chi connectivity index (χ1n) is 6.22. The van der Waals surface area contributed by atoms with Gasteiger partial charge >= 0.3 is 0 Å². The van der Waals surface area contributed by atoms with E-state index in [2.05, 4.69) is 9.97 Å². The Bertz CT molecular complexity index is 651. The van der Waals surface area contributed by atoms with Crippen LogP contribution in [0, 0.1) is 5.82 Å². The van der Waals surface area contributed by atoms with Gasteiger partial charge in [-0.3, -0.25) is 4.79 Å². The number of nitrogens with one attached hydrogen (secondary N) is 1. The molecule has 1 aliphatic rings. The molecular weight excluding hydrogens is 263 g/mol. The third-order valence-electron chi connectivity index (χ3n) is 3.23. The molecule has 0 atom stereocenters. The third kappa shape index (κ3) is 2.71. The highest BCUT2D eigenvalue weighted by Gasteiger charge is 2.16. The minimum absolute atomic E-state index is 0.104. The first kappa shape index (κ1) is 12.4. The van der Waals surface area contributed by atoms with Gasteiger partial charge in [0.1, 0.15) is 5.82 Å². The zero-order valence-electron chi connectivity index (χ0n) is 10.3. The molecule has 2 aromatic rings. The largest absolute Gasteiger partial charge is 0.338 e. The Hall–Kier alpha value is -1.62. The maximum absolute atomic E-state index is 12.8. The maximum Gasteiger partial charge on any atom is 0.277 e. The fraction of sp³-hybridized carbons (Fsp3) is 0.286. The number of hydrogen-bond donors (Lipinski definition) is 1. The van der Waals surface area contributed by atoms with Crippen molar-refractivity contribution in [2.45, 2.75) is 30.2 Å². The van der Waals surface area contributed by atoms with Gasteiger partial charge in [0.2, 0.25) is 0 Å². The minimum Gasteiger partial charge on any atom is -0.338 e. The van der Waals surface area contributed by atoms with E-state index < -0.39 is 0 Å². The molecule has 0 amide bonds. The predicted molar refractivity (Wildman–Crippen MR) is 72.8 cm³/mol. The van der Waals surface area contributed by atoms with Gasteiger partial charge in [0.25, 0.3) is 5.56 Å². The van der Waals surface area contributed by atoms with Gasteiger partial charge in [-0.2, -0.15) is 4.98 Å². The maximum atomic E-state index is 12.8. The van der Waals surface area contributed by atoms with Gasteiger partial charge in [0, 0.05) is 17.0 Å². The number of halogens is 1. The molecule has 0 fully saturated rings. The Labute approximate surface area is 114 Å². The molecule has 0 spiro atoms. The number of H-pyrrole nitrogens is 1. The lowest BCUT2D eigenvalue weighted by molar-refractivity contribution is 0.627. The molecule has 0 unspecified atom stereocenters. The molecule has 0 aliphatic heterocycles. The molecule has 19 heavy (non-hydrogen) atoms. The molecule has 98 valence electrons. The van der Waals surface area contributed by atoms with Gasteiger partial charge in [-0.1, -0.05) is 23.9 Å². The highest BCUT2D eigenvalue weighted by molar-refractivity contribution is 7.98. The second kappa shape index (κ2) is 5.17. The molecule has 1 aromatic carbocycles. The Morgan fingerprint density at radius 1 is 1.26 bits per heavy atom. The highest BCUT2D eigenvalue weighted by atomic mass is 32.2. The van der Waals surface area contributed by atoms with Crippen LogP contribution in [0.4, 0.5) is 4.39 Å². The molecule has 0 radical (unpaired) electrons. The summed E-state index contributed by atoms with van der Waals surface area (Å²) in [6.07, 6.45) is 2.78. The van der Waals surface area contributed by atoms with Gasteiger partial charge in [-0.05, 0) is 37.0 Å². The van der Waals surface area contributed by atoms with Crippen LogP contribution < -0.4 is 5.56 Å². The summed E-state index contributed by atoms with van der Waals surface area (Å²) in [6.45, 7) is 0. The average molecular weight is 276 g/mol. The van der Waals surface area contributed by atoms with Crippen molar-refractivity contribution in [1.29, 1.82) is 0 Å². The summed E-state index contributed by atoms with van der Waals surface area (Å²) in [5.74, 6) is 0.431. The quantitative estimate of drug-likeness (QED) is 0.692. The van der Waals surface area contributed by atoms with Crippen LogP contribution in [0.1, 0.15) is 23.2 Å². The first-order chi connectivity index (χ1) is 9.22. The van der Waals surface area contributed by atoms with Crippen LogP contribution in [-0.2, 0) is 18.6 Å². The lowest BCUT2D eigenvalue weighted by Gasteiger charge is -2.04. The van der Waals surface area contributed by atoms with Crippen molar-refractivity contribution >= 4 is 11.8 Å². The van der Waals surface area contributed by atoms with E-state index >= 15 is 0 Å². The second-order valence-electron chi connectivity index (χ2n) is 4.57. The molecule has 3 rings (SSSR count). The van der Waals surface area contributed by atoms with Gasteiger partial charge in [-0.15, -0.1) is 0 Å². The van der Waals surface area contributed by atoms with Crippen LogP contribution >= 0.6 is 11.8 Å². The summed E-state index contributed by atoms with van der Waals surface area (Å²) in [6, 6.07) is 6.37.